The molecule has 1 rings (SSSR count). The van der Waals surface area contributed by atoms with E-state index in [1.165, 1.54) is 4.90 Å². The number of amides is 2. The summed E-state index contributed by atoms with van der Waals surface area (Å²) in [5.41, 5.74) is 0.724. The average molecular weight is 313 g/mol. The van der Waals surface area contributed by atoms with Crippen LogP contribution in [0.3, 0.4) is 0 Å². The molecule has 0 bridgehead atoms. The zero-order chi connectivity index (χ0) is 13.8. The molecule has 0 atom stereocenters. The number of nitrogens with zero attached hydrogens (tertiary/aromatic N) is 1. The zero-order valence-corrected chi connectivity index (χ0v) is 12.3. The quantitative estimate of drug-likeness (QED) is 0.867. The number of anilines is 1. The Bertz CT molecular complexity index is 426. The molecule has 0 saturated heterocycles. The van der Waals surface area contributed by atoms with Crippen molar-refractivity contribution in [1.29, 1.82) is 0 Å². The minimum Gasteiger partial charge on any atom is -0.335 e. The van der Waals surface area contributed by atoms with E-state index in [2.05, 4.69) is 21.2 Å². The molecule has 5 heteroatoms. The highest BCUT2D eigenvalue weighted by molar-refractivity contribution is 9.10. The van der Waals surface area contributed by atoms with Crippen molar-refractivity contribution in [2.75, 3.05) is 18.9 Å². The Morgan fingerprint density at radius 1 is 1.28 bits per heavy atom. The molecule has 0 fully saturated rings. The molecule has 1 aromatic carbocycles. The Kier molecular flexibility index (Phi) is 4.90. The van der Waals surface area contributed by atoms with Gasteiger partial charge in [-0.25, -0.2) is 0 Å². The van der Waals surface area contributed by atoms with Gasteiger partial charge in [-0.1, -0.05) is 34.1 Å². The summed E-state index contributed by atoms with van der Waals surface area (Å²) in [5.74, 6) is -0.348. The second-order valence-corrected chi connectivity index (χ2v) is 6.53. The number of likely N-dealkylation sites (N-methyl/N-ethyl adjacent to an activating group) is 1. The van der Waals surface area contributed by atoms with E-state index in [1.807, 2.05) is 18.2 Å². The Balaban J connectivity index is 2.53. The normalized spacial score (nSPS) is 10.9. The van der Waals surface area contributed by atoms with E-state index in [-0.39, 0.29) is 18.4 Å². The molecule has 98 valence electrons. The predicted octanol–water partition coefficient (Wildman–Crippen LogP) is 2.26. The van der Waals surface area contributed by atoms with Crippen LogP contribution in [-0.2, 0) is 9.59 Å². The van der Waals surface area contributed by atoms with Crippen LogP contribution in [0, 0.1) is 0 Å². The first kappa shape index (κ1) is 14.7. The molecule has 0 spiro atoms. The molecule has 2 amide bonds. The number of hydrogen-bond acceptors (Lipinski definition) is 2. The maximum absolute atomic E-state index is 11.9. The summed E-state index contributed by atoms with van der Waals surface area (Å²) in [6, 6.07) is 9.15. The summed E-state index contributed by atoms with van der Waals surface area (Å²) < 4.78 is -0.658. The van der Waals surface area contributed by atoms with Crippen LogP contribution in [0.2, 0.25) is 0 Å². The van der Waals surface area contributed by atoms with E-state index in [0.29, 0.717) is 0 Å². The van der Waals surface area contributed by atoms with E-state index >= 15 is 0 Å². The lowest BCUT2D eigenvalue weighted by atomic mass is 10.2. The standard InChI is InChI=1S/C13H17BrN2O2/c1-13(2,14)12(18)16(3)9-11(17)15-10-7-5-4-6-8-10/h4-8H,9H2,1-3H3,(H,15,17). The second-order valence-electron chi connectivity index (χ2n) is 4.55. The second kappa shape index (κ2) is 6.00. The van der Waals surface area contributed by atoms with Crippen molar-refractivity contribution in [2.45, 2.75) is 18.2 Å². The summed E-state index contributed by atoms with van der Waals surface area (Å²) >= 11 is 3.28. The van der Waals surface area contributed by atoms with Gasteiger partial charge in [-0.15, -0.1) is 0 Å². The molecule has 0 aliphatic carbocycles. The molecule has 1 aromatic rings. The van der Waals surface area contributed by atoms with Gasteiger partial charge in [-0.2, -0.15) is 0 Å². The Hall–Kier alpha value is -1.36. The minimum atomic E-state index is -0.658. The molecule has 18 heavy (non-hydrogen) atoms. The summed E-state index contributed by atoms with van der Waals surface area (Å²) in [4.78, 5) is 25.0. The van der Waals surface area contributed by atoms with Gasteiger partial charge in [-0.05, 0) is 26.0 Å². The number of alkyl halides is 1. The fourth-order valence-electron chi connectivity index (χ4n) is 1.46. The van der Waals surface area contributed by atoms with E-state index in [4.69, 9.17) is 0 Å². The van der Waals surface area contributed by atoms with Crippen LogP contribution in [0.1, 0.15) is 13.8 Å². The average Bonchev–Trinajstić information content (AvgIpc) is 2.27. The van der Waals surface area contributed by atoms with Gasteiger partial charge in [0.1, 0.15) is 0 Å². The molecule has 1 N–H and O–H groups in total. The summed E-state index contributed by atoms with van der Waals surface area (Å²) in [7, 11) is 1.61. The van der Waals surface area contributed by atoms with Gasteiger partial charge >= 0.3 is 0 Å². The topological polar surface area (TPSA) is 49.4 Å². The van der Waals surface area contributed by atoms with Gasteiger partial charge in [0.2, 0.25) is 11.8 Å². The Labute approximate surface area is 115 Å². The first-order valence-electron chi connectivity index (χ1n) is 5.60. The van der Waals surface area contributed by atoms with Gasteiger partial charge in [-0.3, -0.25) is 9.59 Å². The van der Waals surface area contributed by atoms with Gasteiger partial charge in [0, 0.05) is 12.7 Å². The number of halogens is 1. The molecular weight excluding hydrogens is 296 g/mol. The van der Waals surface area contributed by atoms with Gasteiger partial charge in [0.05, 0.1) is 10.9 Å². The molecule has 0 aromatic heterocycles. The SMILES string of the molecule is CN(CC(=O)Nc1ccccc1)C(=O)C(C)(C)Br. The number of carbonyl (C=O) groups excluding carboxylic acids is 2. The minimum absolute atomic E-state index is 0.0305. The third-order valence-corrected chi connectivity index (χ3v) is 2.63. The first-order valence-corrected chi connectivity index (χ1v) is 6.39. The molecule has 0 unspecified atom stereocenters. The summed E-state index contributed by atoms with van der Waals surface area (Å²) in [5, 5.41) is 2.73. The van der Waals surface area contributed by atoms with Crippen LogP contribution in [0.4, 0.5) is 5.69 Å². The summed E-state index contributed by atoms with van der Waals surface area (Å²) in [6.45, 7) is 3.53. The van der Waals surface area contributed by atoms with Crippen LogP contribution in [0.15, 0.2) is 30.3 Å². The maximum Gasteiger partial charge on any atom is 0.243 e. The molecule has 0 saturated carbocycles. The zero-order valence-electron chi connectivity index (χ0n) is 10.7. The van der Waals surface area contributed by atoms with E-state index in [9.17, 15) is 9.59 Å². The lowest BCUT2D eigenvalue weighted by Crippen LogP contribution is -2.42. The largest absolute Gasteiger partial charge is 0.335 e. The molecule has 0 aliphatic rings. The van der Waals surface area contributed by atoms with Gasteiger partial charge < -0.3 is 10.2 Å². The van der Waals surface area contributed by atoms with Crippen LogP contribution >= 0.6 is 15.9 Å². The number of rotatable bonds is 4. The third-order valence-electron chi connectivity index (χ3n) is 2.29. The third kappa shape index (κ3) is 4.49. The lowest BCUT2D eigenvalue weighted by Gasteiger charge is -2.24. The van der Waals surface area contributed by atoms with E-state index in [1.54, 1.807) is 33.0 Å². The fourth-order valence-corrected chi connectivity index (χ4v) is 1.77. The fraction of sp³-hybridized carbons (Fsp3) is 0.385. The smallest absolute Gasteiger partial charge is 0.243 e. The highest BCUT2D eigenvalue weighted by Crippen LogP contribution is 2.18. The number of hydrogen-bond donors (Lipinski definition) is 1. The van der Waals surface area contributed by atoms with E-state index < -0.39 is 4.32 Å². The highest BCUT2D eigenvalue weighted by Gasteiger charge is 2.27. The van der Waals surface area contributed by atoms with Gasteiger partial charge in [0.15, 0.2) is 0 Å². The van der Waals surface area contributed by atoms with E-state index in [0.717, 1.165) is 5.69 Å². The predicted molar refractivity (Wildman–Crippen MR) is 75.7 cm³/mol. The number of carbonyl (C=O) groups is 2. The molecule has 0 heterocycles. The van der Waals surface area contributed by atoms with Crippen molar-refractivity contribution < 1.29 is 9.59 Å². The Morgan fingerprint density at radius 2 is 1.83 bits per heavy atom. The monoisotopic (exact) mass is 312 g/mol. The Morgan fingerprint density at radius 3 is 2.33 bits per heavy atom. The molecule has 0 aliphatic heterocycles. The van der Waals surface area contributed by atoms with Crippen molar-refractivity contribution >= 4 is 33.4 Å². The van der Waals surface area contributed by atoms with Gasteiger partial charge in [0.25, 0.3) is 0 Å². The van der Waals surface area contributed by atoms with Crippen LogP contribution in [0.25, 0.3) is 0 Å². The number of benzene rings is 1. The van der Waals surface area contributed by atoms with Crippen LogP contribution < -0.4 is 5.32 Å². The van der Waals surface area contributed by atoms with Crippen molar-refractivity contribution in [3.8, 4) is 0 Å². The maximum atomic E-state index is 11.9. The first-order chi connectivity index (χ1) is 8.30. The number of para-hydroxylation sites is 1. The lowest BCUT2D eigenvalue weighted by molar-refractivity contribution is -0.134. The number of nitrogens with one attached hydrogen (secondary N) is 1. The molecule has 4 nitrogen and oxygen atoms in total. The van der Waals surface area contributed by atoms with Crippen LogP contribution in [-0.4, -0.2) is 34.6 Å². The van der Waals surface area contributed by atoms with Crippen molar-refractivity contribution in [2.24, 2.45) is 0 Å². The molecule has 0 radical (unpaired) electrons. The van der Waals surface area contributed by atoms with Crippen molar-refractivity contribution in [1.82, 2.24) is 4.90 Å². The van der Waals surface area contributed by atoms with Crippen molar-refractivity contribution in [3.63, 3.8) is 0 Å². The highest BCUT2D eigenvalue weighted by atomic mass is 79.9. The molecular formula is C13H17BrN2O2. The van der Waals surface area contributed by atoms with Crippen molar-refractivity contribution in [3.05, 3.63) is 30.3 Å². The summed E-state index contributed by atoms with van der Waals surface area (Å²) in [6.07, 6.45) is 0. The van der Waals surface area contributed by atoms with Crippen LogP contribution in [0.5, 0.6) is 0 Å².